The van der Waals surface area contributed by atoms with Gasteiger partial charge in [0.25, 0.3) is 0 Å². The Morgan fingerprint density at radius 1 is 0.958 bits per heavy atom. The van der Waals surface area contributed by atoms with Crippen molar-refractivity contribution in [1.82, 2.24) is 19.9 Å². The summed E-state index contributed by atoms with van der Waals surface area (Å²) in [7, 11) is 0. The number of H-pyrrole nitrogens is 1. The second-order valence-electron chi connectivity index (χ2n) is 5.56. The Morgan fingerprint density at radius 2 is 1.88 bits per heavy atom. The van der Waals surface area contributed by atoms with E-state index in [1.807, 2.05) is 24.4 Å². The lowest BCUT2D eigenvalue weighted by molar-refractivity contribution is 0.954. The average molecular weight is 315 g/mol. The fraction of sp³-hybridized carbons (Fsp3) is 0.105. The Kier molecular flexibility index (Phi) is 3.90. The van der Waals surface area contributed by atoms with Crippen LogP contribution >= 0.6 is 0 Å². The molecule has 0 aliphatic rings. The van der Waals surface area contributed by atoms with Crippen molar-refractivity contribution in [3.05, 3.63) is 72.9 Å². The van der Waals surface area contributed by atoms with E-state index in [0.29, 0.717) is 5.95 Å². The minimum Gasteiger partial charge on any atom is -0.354 e. The molecule has 5 heteroatoms. The number of fused-ring (bicyclic) bond motifs is 1. The highest BCUT2D eigenvalue weighted by Gasteiger charge is 2.04. The molecule has 0 saturated carbocycles. The van der Waals surface area contributed by atoms with Crippen molar-refractivity contribution < 1.29 is 0 Å². The fourth-order valence-corrected chi connectivity index (χ4v) is 2.68. The molecule has 0 amide bonds. The molecule has 0 atom stereocenters. The van der Waals surface area contributed by atoms with Gasteiger partial charge in [0.05, 0.1) is 17.7 Å². The van der Waals surface area contributed by atoms with Crippen LogP contribution in [0, 0.1) is 0 Å². The maximum Gasteiger partial charge on any atom is 0.223 e. The van der Waals surface area contributed by atoms with Gasteiger partial charge in [-0.1, -0.05) is 36.4 Å². The standard InChI is InChI=1S/C19H17N5/c1-2-4-15-11-16(6-5-14(15)3-1)18-8-10-22-19(24-18)21-9-7-17-12-20-13-23-17/h1-6,8,10-13H,7,9H2,(H,20,23)(H,21,22,24). The number of nitrogens with one attached hydrogen (secondary N) is 2. The smallest absolute Gasteiger partial charge is 0.223 e. The van der Waals surface area contributed by atoms with Gasteiger partial charge in [0, 0.05) is 30.9 Å². The van der Waals surface area contributed by atoms with Crippen LogP contribution in [-0.4, -0.2) is 26.5 Å². The summed E-state index contributed by atoms with van der Waals surface area (Å²) >= 11 is 0. The molecule has 118 valence electrons. The molecule has 2 heterocycles. The summed E-state index contributed by atoms with van der Waals surface area (Å²) in [5, 5.41) is 5.69. The molecule has 4 aromatic rings. The number of rotatable bonds is 5. The van der Waals surface area contributed by atoms with Gasteiger partial charge in [0.1, 0.15) is 0 Å². The van der Waals surface area contributed by atoms with E-state index in [1.54, 1.807) is 12.5 Å². The predicted octanol–water partition coefficient (Wildman–Crippen LogP) is 3.67. The minimum absolute atomic E-state index is 0.635. The third kappa shape index (κ3) is 3.10. The zero-order valence-electron chi connectivity index (χ0n) is 13.1. The highest BCUT2D eigenvalue weighted by Crippen LogP contribution is 2.23. The van der Waals surface area contributed by atoms with Gasteiger partial charge in [0.15, 0.2) is 0 Å². The van der Waals surface area contributed by atoms with Gasteiger partial charge >= 0.3 is 0 Å². The van der Waals surface area contributed by atoms with Crippen LogP contribution in [0.5, 0.6) is 0 Å². The van der Waals surface area contributed by atoms with Crippen LogP contribution in [-0.2, 0) is 6.42 Å². The molecule has 0 spiro atoms. The Hall–Kier alpha value is -3.21. The summed E-state index contributed by atoms with van der Waals surface area (Å²) < 4.78 is 0. The van der Waals surface area contributed by atoms with E-state index in [9.17, 15) is 0 Å². The quantitative estimate of drug-likeness (QED) is 0.589. The maximum atomic E-state index is 4.62. The van der Waals surface area contributed by atoms with Gasteiger partial charge in [-0.3, -0.25) is 0 Å². The van der Waals surface area contributed by atoms with Gasteiger partial charge < -0.3 is 10.3 Å². The number of hydrogen-bond acceptors (Lipinski definition) is 4. The van der Waals surface area contributed by atoms with Crippen LogP contribution in [0.25, 0.3) is 22.0 Å². The number of imidazole rings is 1. The van der Waals surface area contributed by atoms with Gasteiger partial charge in [-0.2, -0.15) is 0 Å². The normalized spacial score (nSPS) is 10.8. The maximum absolute atomic E-state index is 4.62. The topological polar surface area (TPSA) is 66.5 Å². The summed E-state index contributed by atoms with van der Waals surface area (Å²) in [6.45, 7) is 0.742. The number of aromatic nitrogens is 4. The molecule has 2 aromatic heterocycles. The molecule has 0 radical (unpaired) electrons. The van der Waals surface area contributed by atoms with Gasteiger partial charge in [0.2, 0.25) is 5.95 Å². The van der Waals surface area contributed by atoms with Crippen LogP contribution < -0.4 is 5.32 Å². The van der Waals surface area contributed by atoms with E-state index in [0.717, 1.165) is 29.9 Å². The molecular formula is C19H17N5. The number of nitrogens with zero attached hydrogens (tertiary/aromatic N) is 3. The van der Waals surface area contributed by atoms with Crippen molar-refractivity contribution in [1.29, 1.82) is 0 Å². The predicted molar refractivity (Wildman–Crippen MR) is 95.8 cm³/mol. The summed E-state index contributed by atoms with van der Waals surface area (Å²) in [6.07, 6.45) is 6.20. The second kappa shape index (κ2) is 6.50. The Morgan fingerprint density at radius 3 is 2.75 bits per heavy atom. The lowest BCUT2D eigenvalue weighted by Gasteiger charge is -2.07. The third-order valence-electron chi connectivity index (χ3n) is 3.92. The van der Waals surface area contributed by atoms with Crippen molar-refractivity contribution in [2.45, 2.75) is 6.42 Å². The zero-order chi connectivity index (χ0) is 16.2. The Labute approximate surface area is 139 Å². The summed E-state index contributed by atoms with van der Waals surface area (Å²) in [5.74, 6) is 0.635. The molecule has 0 aliphatic heterocycles. The minimum atomic E-state index is 0.635. The van der Waals surface area contributed by atoms with Crippen LogP contribution in [0.2, 0.25) is 0 Å². The first-order valence-corrected chi connectivity index (χ1v) is 7.92. The van der Waals surface area contributed by atoms with Gasteiger partial charge in [-0.15, -0.1) is 0 Å². The number of hydrogen-bond donors (Lipinski definition) is 2. The Bertz CT molecular complexity index is 947. The van der Waals surface area contributed by atoms with Gasteiger partial charge in [-0.25, -0.2) is 15.0 Å². The van der Waals surface area contributed by atoms with E-state index in [2.05, 4.69) is 55.6 Å². The molecule has 5 nitrogen and oxygen atoms in total. The van der Waals surface area contributed by atoms with E-state index < -0.39 is 0 Å². The first-order valence-electron chi connectivity index (χ1n) is 7.92. The number of aromatic amines is 1. The zero-order valence-corrected chi connectivity index (χ0v) is 13.1. The largest absolute Gasteiger partial charge is 0.354 e. The van der Waals surface area contributed by atoms with E-state index in [-0.39, 0.29) is 0 Å². The van der Waals surface area contributed by atoms with E-state index in [1.165, 1.54) is 10.8 Å². The van der Waals surface area contributed by atoms with Crippen molar-refractivity contribution in [3.63, 3.8) is 0 Å². The molecule has 0 saturated heterocycles. The van der Waals surface area contributed by atoms with Crippen molar-refractivity contribution in [2.75, 3.05) is 11.9 Å². The van der Waals surface area contributed by atoms with Crippen LogP contribution in [0.1, 0.15) is 5.69 Å². The van der Waals surface area contributed by atoms with Crippen molar-refractivity contribution >= 4 is 16.7 Å². The molecule has 0 unspecified atom stereocenters. The highest BCUT2D eigenvalue weighted by molar-refractivity contribution is 5.86. The molecule has 24 heavy (non-hydrogen) atoms. The third-order valence-corrected chi connectivity index (χ3v) is 3.92. The first-order chi connectivity index (χ1) is 11.9. The van der Waals surface area contributed by atoms with Crippen molar-refractivity contribution in [3.8, 4) is 11.3 Å². The number of anilines is 1. The van der Waals surface area contributed by atoms with Crippen LogP contribution in [0.4, 0.5) is 5.95 Å². The van der Waals surface area contributed by atoms with Gasteiger partial charge in [-0.05, 0) is 22.9 Å². The summed E-state index contributed by atoms with van der Waals surface area (Å²) in [4.78, 5) is 16.1. The molecule has 0 aliphatic carbocycles. The van der Waals surface area contributed by atoms with E-state index >= 15 is 0 Å². The van der Waals surface area contributed by atoms with Crippen LogP contribution in [0.3, 0.4) is 0 Å². The number of benzene rings is 2. The first kappa shape index (κ1) is 14.4. The highest BCUT2D eigenvalue weighted by atomic mass is 15.1. The molecule has 0 bridgehead atoms. The molecule has 4 rings (SSSR count). The van der Waals surface area contributed by atoms with E-state index in [4.69, 9.17) is 0 Å². The Balaban J connectivity index is 1.52. The SMILES string of the molecule is c1ccc2cc(-c3ccnc(NCCc4c[nH]cn4)n3)ccc2c1. The molecular weight excluding hydrogens is 298 g/mol. The molecule has 2 N–H and O–H groups in total. The average Bonchev–Trinajstić information content (AvgIpc) is 3.15. The monoisotopic (exact) mass is 315 g/mol. The lowest BCUT2D eigenvalue weighted by Crippen LogP contribution is -2.08. The molecule has 0 fully saturated rings. The lowest BCUT2D eigenvalue weighted by atomic mass is 10.1. The summed E-state index contributed by atoms with van der Waals surface area (Å²) in [6, 6.07) is 16.6. The fourth-order valence-electron chi connectivity index (χ4n) is 2.68. The summed E-state index contributed by atoms with van der Waals surface area (Å²) in [5.41, 5.74) is 3.03. The van der Waals surface area contributed by atoms with Crippen LogP contribution in [0.15, 0.2) is 67.3 Å². The van der Waals surface area contributed by atoms with Crippen molar-refractivity contribution in [2.24, 2.45) is 0 Å². The second-order valence-corrected chi connectivity index (χ2v) is 5.56. The molecule has 2 aromatic carbocycles.